The third-order valence-electron chi connectivity index (χ3n) is 2.06. The first kappa shape index (κ1) is 13.3. The average molecular weight is 257 g/mol. The van der Waals surface area contributed by atoms with Gasteiger partial charge in [-0.1, -0.05) is 11.6 Å². The molecule has 0 aliphatic heterocycles. The molecule has 0 atom stereocenters. The number of ether oxygens (including phenoxy) is 1. The summed E-state index contributed by atoms with van der Waals surface area (Å²) in [5.41, 5.74) is 6.02. The number of hydrogen-bond donors (Lipinski definition) is 1. The first-order valence-electron chi connectivity index (χ1n) is 4.84. The van der Waals surface area contributed by atoms with Gasteiger partial charge in [-0.2, -0.15) is 0 Å². The van der Waals surface area contributed by atoms with Gasteiger partial charge in [-0.05, 0) is 18.2 Å². The summed E-state index contributed by atoms with van der Waals surface area (Å²) in [6, 6.07) is 4.48. The zero-order valence-electron chi connectivity index (χ0n) is 9.57. The van der Waals surface area contributed by atoms with E-state index in [-0.39, 0.29) is 23.8 Å². The molecule has 0 bridgehead atoms. The van der Waals surface area contributed by atoms with Crippen LogP contribution in [0.3, 0.4) is 0 Å². The Labute approximate surface area is 104 Å². The fraction of sp³-hybridized carbons (Fsp3) is 0.273. The number of benzene rings is 1. The van der Waals surface area contributed by atoms with Gasteiger partial charge in [0.1, 0.15) is 0 Å². The molecule has 0 aromatic heterocycles. The highest BCUT2D eigenvalue weighted by Gasteiger charge is 2.14. The number of nitrogens with two attached hydrogens (primary N) is 1. The maximum absolute atomic E-state index is 11.6. The Balaban J connectivity index is 2.70. The minimum absolute atomic E-state index is 0.157. The molecule has 1 aromatic rings. The van der Waals surface area contributed by atoms with Crippen molar-refractivity contribution < 1.29 is 14.3 Å². The van der Waals surface area contributed by atoms with Crippen molar-refractivity contribution in [2.24, 2.45) is 0 Å². The highest BCUT2D eigenvalue weighted by molar-refractivity contribution is 6.31. The van der Waals surface area contributed by atoms with Crippen molar-refractivity contribution in [1.29, 1.82) is 0 Å². The Morgan fingerprint density at radius 1 is 1.41 bits per heavy atom. The molecule has 0 aliphatic carbocycles. The molecule has 1 amide bonds. The van der Waals surface area contributed by atoms with Crippen LogP contribution in [0.15, 0.2) is 18.2 Å². The molecule has 0 unspecified atom stereocenters. The Bertz CT molecular complexity index is 446. The van der Waals surface area contributed by atoms with Crippen LogP contribution in [0, 0.1) is 0 Å². The molecule has 0 saturated carbocycles. The quantitative estimate of drug-likeness (QED) is 0.651. The molecule has 0 spiro atoms. The van der Waals surface area contributed by atoms with Gasteiger partial charge in [0.05, 0.1) is 5.56 Å². The summed E-state index contributed by atoms with van der Waals surface area (Å²) >= 11 is 5.74. The van der Waals surface area contributed by atoms with Crippen molar-refractivity contribution in [3.63, 3.8) is 0 Å². The van der Waals surface area contributed by atoms with E-state index in [1.54, 1.807) is 20.2 Å². The third-order valence-corrected chi connectivity index (χ3v) is 2.30. The van der Waals surface area contributed by atoms with Gasteiger partial charge >= 0.3 is 5.97 Å². The van der Waals surface area contributed by atoms with Crippen LogP contribution in [0.1, 0.15) is 10.4 Å². The molecule has 1 rings (SSSR count). The number of anilines is 1. The van der Waals surface area contributed by atoms with Crippen molar-refractivity contribution in [3.05, 3.63) is 28.8 Å². The number of esters is 1. The van der Waals surface area contributed by atoms with E-state index in [1.165, 1.54) is 17.0 Å². The lowest BCUT2D eigenvalue weighted by molar-refractivity contribution is -0.131. The van der Waals surface area contributed by atoms with Gasteiger partial charge in [-0.25, -0.2) is 4.79 Å². The van der Waals surface area contributed by atoms with Crippen LogP contribution in [-0.2, 0) is 9.53 Å². The van der Waals surface area contributed by atoms with Crippen molar-refractivity contribution >= 4 is 29.2 Å². The molecule has 1 aromatic carbocycles. The summed E-state index contributed by atoms with van der Waals surface area (Å²) in [4.78, 5) is 24.2. The molecule has 0 aliphatic rings. The van der Waals surface area contributed by atoms with Gasteiger partial charge in [-0.15, -0.1) is 0 Å². The van der Waals surface area contributed by atoms with Crippen LogP contribution in [0.2, 0.25) is 5.02 Å². The SMILES string of the molecule is CN(C)C(=O)COC(=O)c1cc(Cl)ccc1N. The largest absolute Gasteiger partial charge is 0.452 e. The zero-order chi connectivity index (χ0) is 13.0. The lowest BCUT2D eigenvalue weighted by Gasteiger charge is -2.11. The standard InChI is InChI=1S/C11H13ClN2O3/c1-14(2)10(15)6-17-11(16)8-5-7(12)3-4-9(8)13/h3-5H,6,13H2,1-2H3. The highest BCUT2D eigenvalue weighted by atomic mass is 35.5. The normalized spacial score (nSPS) is 9.82. The maximum atomic E-state index is 11.6. The minimum Gasteiger partial charge on any atom is -0.452 e. The van der Waals surface area contributed by atoms with E-state index in [0.29, 0.717) is 5.02 Å². The third kappa shape index (κ3) is 3.64. The van der Waals surface area contributed by atoms with Gasteiger partial charge < -0.3 is 15.4 Å². The van der Waals surface area contributed by atoms with Crippen LogP contribution in [0.25, 0.3) is 0 Å². The van der Waals surface area contributed by atoms with Crippen LogP contribution in [-0.4, -0.2) is 37.5 Å². The smallest absolute Gasteiger partial charge is 0.340 e. The molecule has 17 heavy (non-hydrogen) atoms. The number of rotatable bonds is 3. The number of halogens is 1. The first-order valence-corrected chi connectivity index (χ1v) is 5.22. The van der Waals surface area contributed by atoms with E-state index >= 15 is 0 Å². The number of amides is 1. The molecular weight excluding hydrogens is 244 g/mol. The number of hydrogen-bond acceptors (Lipinski definition) is 4. The maximum Gasteiger partial charge on any atom is 0.340 e. The molecule has 0 fully saturated rings. The van der Waals surface area contributed by atoms with Gasteiger partial charge in [0.15, 0.2) is 6.61 Å². The average Bonchev–Trinajstić information content (AvgIpc) is 2.28. The first-order chi connectivity index (χ1) is 7.91. The molecule has 5 nitrogen and oxygen atoms in total. The van der Waals surface area contributed by atoms with Gasteiger partial charge in [0, 0.05) is 24.8 Å². The minimum atomic E-state index is -0.666. The second-order valence-corrected chi connectivity index (χ2v) is 4.03. The lowest BCUT2D eigenvalue weighted by Crippen LogP contribution is -2.27. The highest BCUT2D eigenvalue weighted by Crippen LogP contribution is 2.18. The summed E-state index contributed by atoms with van der Waals surface area (Å²) in [6.45, 7) is -0.322. The van der Waals surface area contributed by atoms with Crippen LogP contribution < -0.4 is 5.73 Å². The van der Waals surface area contributed by atoms with Gasteiger partial charge in [0.2, 0.25) is 0 Å². The van der Waals surface area contributed by atoms with E-state index < -0.39 is 5.97 Å². The van der Waals surface area contributed by atoms with E-state index in [1.807, 2.05) is 0 Å². The molecule has 0 heterocycles. The van der Waals surface area contributed by atoms with E-state index in [0.717, 1.165) is 0 Å². The number of nitrogen functional groups attached to an aromatic ring is 1. The van der Waals surface area contributed by atoms with Gasteiger partial charge in [0.25, 0.3) is 5.91 Å². The van der Waals surface area contributed by atoms with E-state index in [2.05, 4.69) is 0 Å². The number of nitrogens with zero attached hydrogens (tertiary/aromatic N) is 1. The van der Waals surface area contributed by atoms with Crippen LogP contribution in [0.5, 0.6) is 0 Å². The molecule has 92 valence electrons. The summed E-state index contributed by atoms with van der Waals surface area (Å²) in [5, 5.41) is 0.380. The molecule has 0 radical (unpaired) electrons. The Morgan fingerprint density at radius 3 is 2.65 bits per heavy atom. The molecule has 6 heteroatoms. The van der Waals surface area contributed by atoms with Crippen molar-refractivity contribution in [2.45, 2.75) is 0 Å². The second kappa shape index (κ2) is 5.54. The van der Waals surface area contributed by atoms with Crippen LogP contribution >= 0.6 is 11.6 Å². The lowest BCUT2D eigenvalue weighted by atomic mass is 10.2. The number of carbonyl (C=O) groups excluding carboxylic acids is 2. The summed E-state index contributed by atoms with van der Waals surface area (Å²) in [7, 11) is 3.15. The van der Waals surface area contributed by atoms with E-state index in [4.69, 9.17) is 22.1 Å². The van der Waals surface area contributed by atoms with Crippen molar-refractivity contribution in [1.82, 2.24) is 4.90 Å². The number of carbonyl (C=O) groups is 2. The monoisotopic (exact) mass is 256 g/mol. The summed E-state index contributed by atoms with van der Waals surface area (Å²) in [6.07, 6.45) is 0. The predicted molar refractivity (Wildman–Crippen MR) is 64.8 cm³/mol. The zero-order valence-corrected chi connectivity index (χ0v) is 10.3. The van der Waals surface area contributed by atoms with Crippen LogP contribution in [0.4, 0.5) is 5.69 Å². The second-order valence-electron chi connectivity index (χ2n) is 3.60. The summed E-state index contributed by atoms with van der Waals surface area (Å²) < 4.78 is 4.82. The van der Waals surface area contributed by atoms with Crippen molar-refractivity contribution in [3.8, 4) is 0 Å². The van der Waals surface area contributed by atoms with Crippen molar-refractivity contribution in [2.75, 3.05) is 26.4 Å². The predicted octanol–water partition coefficient (Wildman–Crippen LogP) is 1.17. The Hall–Kier alpha value is -1.75. The molecule has 2 N–H and O–H groups in total. The fourth-order valence-electron chi connectivity index (χ4n) is 1.04. The Morgan fingerprint density at radius 2 is 2.06 bits per heavy atom. The Kier molecular flexibility index (Phi) is 4.34. The fourth-order valence-corrected chi connectivity index (χ4v) is 1.21. The topological polar surface area (TPSA) is 72.6 Å². The van der Waals surface area contributed by atoms with E-state index in [9.17, 15) is 9.59 Å². The molecule has 0 saturated heterocycles. The number of likely N-dealkylation sites (N-methyl/N-ethyl adjacent to an activating group) is 1. The summed E-state index contributed by atoms with van der Waals surface area (Å²) in [5.74, 6) is -0.973. The van der Waals surface area contributed by atoms with Gasteiger partial charge in [-0.3, -0.25) is 4.79 Å². The molecular formula is C11H13ClN2O3.